The van der Waals surface area contributed by atoms with Gasteiger partial charge in [0.2, 0.25) is 6.79 Å². The van der Waals surface area contributed by atoms with Crippen molar-refractivity contribution in [2.45, 2.75) is 6.42 Å². The fourth-order valence-corrected chi connectivity index (χ4v) is 2.25. The van der Waals surface area contributed by atoms with Gasteiger partial charge < -0.3 is 20.1 Å². The Kier molecular flexibility index (Phi) is 3.06. The van der Waals surface area contributed by atoms with Gasteiger partial charge in [0.15, 0.2) is 11.5 Å². The lowest BCUT2D eigenvalue weighted by Crippen LogP contribution is -2.24. The quantitative estimate of drug-likeness (QED) is 0.654. The van der Waals surface area contributed by atoms with E-state index in [-0.39, 0.29) is 12.6 Å². The average molecular weight is 272 g/mol. The van der Waals surface area contributed by atoms with Crippen molar-refractivity contribution < 1.29 is 9.47 Å². The number of nitrogens with two attached hydrogens (primary N) is 1. The molecule has 3 N–H and O–H groups in total. The highest BCUT2D eigenvalue weighted by atomic mass is 16.7. The topological polar surface area (TPSA) is 84.5 Å². The molecule has 0 fully saturated rings. The summed E-state index contributed by atoms with van der Waals surface area (Å²) in [5.41, 5.74) is 5.40. The van der Waals surface area contributed by atoms with E-state index in [1.54, 1.807) is 6.20 Å². The van der Waals surface area contributed by atoms with Gasteiger partial charge in [0.25, 0.3) is 0 Å². The van der Waals surface area contributed by atoms with E-state index in [2.05, 4.69) is 4.98 Å². The van der Waals surface area contributed by atoms with Crippen LogP contribution >= 0.6 is 0 Å². The largest absolute Gasteiger partial charge is 0.454 e. The van der Waals surface area contributed by atoms with Crippen molar-refractivity contribution in [3.63, 3.8) is 0 Å². The first kappa shape index (κ1) is 12.5. The summed E-state index contributed by atoms with van der Waals surface area (Å²) in [6, 6.07) is 5.85. The second-order valence-corrected chi connectivity index (χ2v) is 4.76. The summed E-state index contributed by atoms with van der Waals surface area (Å²) in [4.78, 5) is 6.42. The number of hydrogen-bond acceptors (Lipinski definition) is 5. The number of nitrogens with one attached hydrogen (secondary N) is 1. The first-order valence-corrected chi connectivity index (χ1v) is 6.37. The highest BCUT2D eigenvalue weighted by Gasteiger charge is 2.17. The molecule has 0 unspecified atom stereocenters. The lowest BCUT2D eigenvalue weighted by atomic mass is 10.1. The monoisotopic (exact) mass is 272 g/mol. The van der Waals surface area contributed by atoms with Crippen LogP contribution in [0.2, 0.25) is 0 Å². The van der Waals surface area contributed by atoms with Crippen molar-refractivity contribution in [2.75, 3.05) is 25.3 Å². The van der Waals surface area contributed by atoms with Gasteiger partial charge in [-0.05, 0) is 23.6 Å². The number of ether oxygens (including phenoxy) is 2. The van der Waals surface area contributed by atoms with Crippen molar-refractivity contribution in [2.24, 2.45) is 5.73 Å². The van der Waals surface area contributed by atoms with Gasteiger partial charge in [-0.1, -0.05) is 0 Å². The average Bonchev–Trinajstić information content (AvgIpc) is 2.88. The Morgan fingerprint density at radius 3 is 2.90 bits per heavy atom. The Labute approximate surface area is 116 Å². The molecule has 0 amide bonds. The third-order valence-electron chi connectivity index (χ3n) is 3.31. The molecular formula is C14H16N4O2. The van der Waals surface area contributed by atoms with Crippen LogP contribution in [0.5, 0.6) is 11.5 Å². The van der Waals surface area contributed by atoms with Gasteiger partial charge in [-0.2, -0.15) is 0 Å². The van der Waals surface area contributed by atoms with Gasteiger partial charge in [0.05, 0.1) is 5.84 Å². The molecule has 2 aromatic rings. The van der Waals surface area contributed by atoms with E-state index in [4.69, 9.17) is 20.6 Å². The molecule has 2 heterocycles. The van der Waals surface area contributed by atoms with Crippen LogP contribution in [0.25, 0.3) is 10.8 Å². The number of nitrogens with zero attached hydrogens (tertiary/aromatic N) is 2. The summed E-state index contributed by atoms with van der Waals surface area (Å²) in [5, 5.41) is 9.36. The molecule has 104 valence electrons. The molecule has 1 aliphatic heterocycles. The number of hydrogen-bond donors (Lipinski definition) is 2. The minimum Gasteiger partial charge on any atom is -0.454 e. The molecule has 1 aromatic carbocycles. The molecule has 3 rings (SSSR count). The zero-order valence-corrected chi connectivity index (χ0v) is 11.2. The zero-order valence-electron chi connectivity index (χ0n) is 11.2. The smallest absolute Gasteiger partial charge is 0.231 e. The highest BCUT2D eigenvalue weighted by molar-refractivity contribution is 5.94. The van der Waals surface area contributed by atoms with Gasteiger partial charge >= 0.3 is 0 Å². The molecule has 1 aliphatic rings. The fraction of sp³-hybridized carbons (Fsp3) is 0.286. The predicted molar refractivity (Wildman–Crippen MR) is 77.7 cm³/mol. The van der Waals surface area contributed by atoms with Crippen molar-refractivity contribution in [3.05, 3.63) is 24.4 Å². The van der Waals surface area contributed by atoms with E-state index >= 15 is 0 Å². The number of pyridine rings is 1. The number of aromatic nitrogens is 1. The maximum Gasteiger partial charge on any atom is 0.231 e. The Balaban J connectivity index is 2.00. The molecule has 0 saturated heterocycles. The fourth-order valence-electron chi connectivity index (χ4n) is 2.25. The molecule has 6 nitrogen and oxygen atoms in total. The Hall–Kier alpha value is -2.50. The minimum atomic E-state index is 0.176. The predicted octanol–water partition coefficient (Wildman–Crippen LogP) is 1.73. The van der Waals surface area contributed by atoms with E-state index in [0.717, 1.165) is 28.1 Å². The summed E-state index contributed by atoms with van der Waals surface area (Å²) in [5.74, 6) is 2.53. The molecule has 0 spiro atoms. The normalized spacial score (nSPS) is 12.7. The lowest BCUT2D eigenvalue weighted by molar-refractivity contribution is 0.174. The van der Waals surface area contributed by atoms with Gasteiger partial charge in [-0.15, -0.1) is 0 Å². The highest BCUT2D eigenvalue weighted by Crippen LogP contribution is 2.38. The molecule has 1 aromatic heterocycles. The summed E-state index contributed by atoms with van der Waals surface area (Å²) in [6.45, 7) is 0.907. The molecule has 6 heteroatoms. The van der Waals surface area contributed by atoms with Crippen molar-refractivity contribution >= 4 is 22.4 Å². The molecule has 0 radical (unpaired) electrons. The molecule has 0 atom stereocenters. The maximum atomic E-state index is 7.31. The van der Waals surface area contributed by atoms with E-state index in [9.17, 15) is 0 Å². The zero-order chi connectivity index (χ0) is 14.1. The maximum absolute atomic E-state index is 7.31. The third-order valence-corrected chi connectivity index (χ3v) is 3.31. The minimum absolute atomic E-state index is 0.176. The summed E-state index contributed by atoms with van der Waals surface area (Å²) >= 11 is 0. The second-order valence-electron chi connectivity index (χ2n) is 4.76. The summed E-state index contributed by atoms with van der Waals surface area (Å²) in [7, 11) is 1.94. The van der Waals surface area contributed by atoms with Gasteiger partial charge in [-0.3, -0.25) is 5.41 Å². The van der Waals surface area contributed by atoms with E-state index < -0.39 is 0 Å². The molecule has 0 saturated carbocycles. The number of fused-ring (bicyclic) bond motifs is 2. The SMILES string of the molecule is CN(CCC(=N)N)c1nccc2cc3c(cc12)OCO3. The third kappa shape index (κ3) is 2.20. The van der Waals surface area contributed by atoms with Gasteiger partial charge in [0, 0.05) is 31.6 Å². The lowest BCUT2D eigenvalue weighted by Gasteiger charge is -2.19. The number of rotatable bonds is 4. The number of amidine groups is 1. The van der Waals surface area contributed by atoms with E-state index in [1.165, 1.54) is 0 Å². The summed E-state index contributed by atoms with van der Waals surface area (Å²) < 4.78 is 10.8. The Morgan fingerprint density at radius 2 is 2.15 bits per heavy atom. The molecule has 0 aliphatic carbocycles. The first-order valence-electron chi connectivity index (χ1n) is 6.37. The number of anilines is 1. The second kappa shape index (κ2) is 4.88. The van der Waals surface area contributed by atoms with Crippen molar-refractivity contribution in [1.82, 2.24) is 4.98 Å². The van der Waals surface area contributed by atoms with Crippen LogP contribution in [0, 0.1) is 5.41 Å². The summed E-state index contributed by atoms with van der Waals surface area (Å²) in [6.07, 6.45) is 2.28. The van der Waals surface area contributed by atoms with Gasteiger partial charge in [0.1, 0.15) is 5.82 Å². The van der Waals surface area contributed by atoms with Crippen LogP contribution in [-0.4, -0.2) is 31.2 Å². The van der Waals surface area contributed by atoms with Crippen LogP contribution in [0.3, 0.4) is 0 Å². The standard InChI is InChI=1S/C14H16N4O2/c1-18(5-3-13(15)16)14-10-7-12-11(19-8-20-12)6-9(10)2-4-17-14/h2,4,6-7H,3,5,8H2,1H3,(H3,15,16). The van der Waals surface area contributed by atoms with E-state index in [0.29, 0.717) is 13.0 Å². The van der Waals surface area contributed by atoms with Crippen LogP contribution in [0.1, 0.15) is 6.42 Å². The van der Waals surface area contributed by atoms with E-state index in [1.807, 2.05) is 30.1 Å². The molecular weight excluding hydrogens is 256 g/mol. The Bertz CT molecular complexity index is 672. The van der Waals surface area contributed by atoms with Crippen molar-refractivity contribution in [3.8, 4) is 11.5 Å². The van der Waals surface area contributed by atoms with Gasteiger partial charge in [-0.25, -0.2) is 4.98 Å². The Morgan fingerprint density at radius 1 is 1.40 bits per heavy atom. The van der Waals surface area contributed by atoms with Crippen LogP contribution < -0.4 is 20.1 Å². The molecule has 20 heavy (non-hydrogen) atoms. The van der Waals surface area contributed by atoms with Crippen LogP contribution in [0.4, 0.5) is 5.82 Å². The number of benzene rings is 1. The van der Waals surface area contributed by atoms with Crippen LogP contribution in [-0.2, 0) is 0 Å². The molecule has 0 bridgehead atoms. The first-order chi connectivity index (χ1) is 9.65. The van der Waals surface area contributed by atoms with Crippen LogP contribution in [0.15, 0.2) is 24.4 Å². The van der Waals surface area contributed by atoms with Crippen molar-refractivity contribution in [1.29, 1.82) is 5.41 Å².